The molecule has 0 atom stereocenters. The van der Waals surface area contributed by atoms with Crippen molar-refractivity contribution in [2.24, 2.45) is 5.14 Å². The summed E-state index contributed by atoms with van der Waals surface area (Å²) >= 11 is 3.54. The van der Waals surface area contributed by atoms with Crippen LogP contribution in [0.1, 0.15) is 24.5 Å². The minimum atomic E-state index is -3.77. The molecule has 2 N–H and O–H groups in total. The molecule has 7 heteroatoms. The van der Waals surface area contributed by atoms with Gasteiger partial charge in [0.15, 0.2) is 0 Å². The average molecular weight is 511 g/mol. The number of nitrogens with two attached hydrogens (primary N) is 1. The van der Waals surface area contributed by atoms with Gasteiger partial charge in [-0.15, -0.1) is 0 Å². The third kappa shape index (κ3) is 4.41. The average Bonchev–Trinajstić information content (AvgIpc) is 3.09. The number of benzene rings is 3. The number of halogens is 1. The predicted molar refractivity (Wildman–Crippen MR) is 131 cm³/mol. The number of rotatable bonds is 6. The standard InChI is InChI=1S/C25H23BrN2O3S/c1-2-14-28-16-23(18-6-5-7-19(26)15-18)24(25(28)29)22-9-4-3-8-21(22)17-10-12-20(13-11-17)32(27,30)31/h3-13,15H,2,14,16H2,1H3,(H2,27,30,31). The van der Waals surface area contributed by atoms with E-state index in [0.717, 1.165) is 38.7 Å². The number of hydrogen-bond acceptors (Lipinski definition) is 3. The fourth-order valence-corrected chi connectivity index (χ4v) is 4.96. The molecule has 32 heavy (non-hydrogen) atoms. The van der Waals surface area contributed by atoms with Crippen molar-refractivity contribution < 1.29 is 13.2 Å². The Labute approximate surface area is 196 Å². The number of amides is 1. The monoisotopic (exact) mass is 510 g/mol. The smallest absolute Gasteiger partial charge is 0.255 e. The van der Waals surface area contributed by atoms with Gasteiger partial charge in [0.05, 0.1) is 10.5 Å². The summed E-state index contributed by atoms with van der Waals surface area (Å²) in [7, 11) is -3.77. The van der Waals surface area contributed by atoms with Crippen LogP contribution in [-0.4, -0.2) is 32.3 Å². The lowest BCUT2D eigenvalue weighted by Gasteiger charge is -2.16. The van der Waals surface area contributed by atoms with E-state index in [2.05, 4.69) is 22.9 Å². The zero-order chi connectivity index (χ0) is 22.9. The molecule has 0 saturated carbocycles. The molecule has 4 rings (SSSR count). The van der Waals surface area contributed by atoms with E-state index in [0.29, 0.717) is 18.7 Å². The summed E-state index contributed by atoms with van der Waals surface area (Å²) in [4.78, 5) is 15.4. The second-order valence-electron chi connectivity index (χ2n) is 7.71. The Morgan fingerprint density at radius 1 is 0.938 bits per heavy atom. The SMILES string of the molecule is CCCN1CC(c2cccc(Br)c2)=C(c2ccccc2-c2ccc(S(N)(=O)=O)cc2)C1=O. The summed E-state index contributed by atoms with van der Waals surface area (Å²) in [6.45, 7) is 3.30. The molecule has 1 amide bonds. The van der Waals surface area contributed by atoms with Crippen LogP contribution in [0.15, 0.2) is 82.2 Å². The van der Waals surface area contributed by atoms with Crippen molar-refractivity contribution in [1.82, 2.24) is 4.90 Å². The van der Waals surface area contributed by atoms with Crippen LogP contribution >= 0.6 is 15.9 Å². The lowest BCUT2D eigenvalue weighted by Crippen LogP contribution is -2.27. The molecule has 3 aromatic rings. The summed E-state index contributed by atoms with van der Waals surface area (Å²) in [5.41, 5.74) is 5.18. The fourth-order valence-electron chi connectivity index (χ4n) is 4.05. The van der Waals surface area contributed by atoms with Gasteiger partial charge >= 0.3 is 0 Å². The highest BCUT2D eigenvalue weighted by atomic mass is 79.9. The highest BCUT2D eigenvalue weighted by Crippen LogP contribution is 2.39. The van der Waals surface area contributed by atoms with Crippen molar-refractivity contribution in [2.45, 2.75) is 18.2 Å². The first-order valence-corrected chi connectivity index (χ1v) is 12.6. The molecule has 0 spiro atoms. The van der Waals surface area contributed by atoms with Crippen LogP contribution in [0, 0.1) is 0 Å². The molecule has 5 nitrogen and oxygen atoms in total. The largest absolute Gasteiger partial charge is 0.334 e. The topological polar surface area (TPSA) is 80.5 Å². The van der Waals surface area contributed by atoms with E-state index in [4.69, 9.17) is 5.14 Å². The van der Waals surface area contributed by atoms with E-state index in [9.17, 15) is 13.2 Å². The van der Waals surface area contributed by atoms with E-state index in [1.54, 1.807) is 12.1 Å². The number of sulfonamides is 1. The minimum Gasteiger partial charge on any atom is -0.334 e. The normalized spacial score (nSPS) is 14.3. The van der Waals surface area contributed by atoms with Gasteiger partial charge in [-0.25, -0.2) is 13.6 Å². The molecule has 164 valence electrons. The molecule has 3 aromatic carbocycles. The van der Waals surface area contributed by atoms with Crippen molar-refractivity contribution in [3.05, 3.63) is 88.4 Å². The Kier molecular flexibility index (Phi) is 6.33. The number of nitrogens with zero attached hydrogens (tertiary/aromatic N) is 1. The summed E-state index contributed by atoms with van der Waals surface area (Å²) < 4.78 is 24.2. The summed E-state index contributed by atoms with van der Waals surface area (Å²) in [5.74, 6) is 0.00966. The Morgan fingerprint density at radius 3 is 2.25 bits per heavy atom. The van der Waals surface area contributed by atoms with Crippen LogP contribution in [0.5, 0.6) is 0 Å². The molecule has 1 heterocycles. The van der Waals surface area contributed by atoms with Gasteiger partial charge in [-0.1, -0.05) is 71.4 Å². The molecule has 0 aromatic heterocycles. The van der Waals surface area contributed by atoms with Crippen LogP contribution in [0.25, 0.3) is 22.3 Å². The Bertz CT molecular complexity index is 1320. The molecule has 0 fully saturated rings. The summed E-state index contributed by atoms with van der Waals surface area (Å²) in [5, 5.41) is 5.24. The third-order valence-electron chi connectivity index (χ3n) is 5.51. The van der Waals surface area contributed by atoms with E-state index in [1.165, 1.54) is 12.1 Å². The molecule has 0 radical (unpaired) electrons. The second-order valence-corrected chi connectivity index (χ2v) is 10.2. The van der Waals surface area contributed by atoms with Crippen molar-refractivity contribution in [3.63, 3.8) is 0 Å². The first-order chi connectivity index (χ1) is 15.3. The van der Waals surface area contributed by atoms with Crippen molar-refractivity contribution >= 4 is 43.0 Å². The van der Waals surface area contributed by atoms with Gasteiger partial charge in [-0.3, -0.25) is 4.79 Å². The van der Waals surface area contributed by atoms with Crippen LogP contribution in [0.2, 0.25) is 0 Å². The van der Waals surface area contributed by atoms with E-state index in [1.807, 2.05) is 53.4 Å². The van der Waals surface area contributed by atoms with Gasteiger partial charge in [0.1, 0.15) is 0 Å². The first kappa shape index (κ1) is 22.5. The Balaban J connectivity index is 1.89. The maximum absolute atomic E-state index is 13.5. The van der Waals surface area contributed by atoms with Crippen molar-refractivity contribution in [1.29, 1.82) is 0 Å². The van der Waals surface area contributed by atoms with Gasteiger partial charge in [-0.05, 0) is 58.5 Å². The third-order valence-corrected chi connectivity index (χ3v) is 6.93. The lowest BCUT2D eigenvalue weighted by atomic mass is 9.90. The van der Waals surface area contributed by atoms with Gasteiger partial charge in [0.25, 0.3) is 5.91 Å². The van der Waals surface area contributed by atoms with Gasteiger partial charge in [0.2, 0.25) is 10.0 Å². The molecule has 1 aliphatic heterocycles. The number of primary sulfonamides is 1. The van der Waals surface area contributed by atoms with Crippen molar-refractivity contribution in [2.75, 3.05) is 13.1 Å². The number of hydrogen-bond donors (Lipinski definition) is 1. The van der Waals surface area contributed by atoms with E-state index < -0.39 is 10.0 Å². The Hall–Kier alpha value is -2.74. The van der Waals surface area contributed by atoms with Crippen LogP contribution in [0.4, 0.5) is 0 Å². The molecule has 0 bridgehead atoms. The zero-order valence-electron chi connectivity index (χ0n) is 17.6. The molecular formula is C25H23BrN2O3S. The zero-order valence-corrected chi connectivity index (χ0v) is 20.0. The van der Waals surface area contributed by atoms with Crippen LogP contribution in [-0.2, 0) is 14.8 Å². The molecule has 1 aliphatic rings. The summed E-state index contributed by atoms with van der Waals surface area (Å²) in [6, 6.07) is 22.1. The van der Waals surface area contributed by atoms with Crippen LogP contribution in [0.3, 0.4) is 0 Å². The maximum atomic E-state index is 13.5. The number of carbonyl (C=O) groups excluding carboxylic acids is 1. The lowest BCUT2D eigenvalue weighted by molar-refractivity contribution is -0.123. The van der Waals surface area contributed by atoms with Crippen molar-refractivity contribution in [3.8, 4) is 11.1 Å². The predicted octanol–water partition coefficient (Wildman–Crippen LogP) is 4.93. The molecule has 0 aliphatic carbocycles. The number of carbonyl (C=O) groups is 1. The first-order valence-electron chi connectivity index (χ1n) is 10.3. The van der Waals surface area contributed by atoms with Gasteiger partial charge < -0.3 is 4.90 Å². The fraction of sp³-hybridized carbons (Fsp3) is 0.160. The van der Waals surface area contributed by atoms with Gasteiger partial charge in [-0.2, -0.15) is 0 Å². The van der Waals surface area contributed by atoms with E-state index >= 15 is 0 Å². The van der Waals surface area contributed by atoms with E-state index in [-0.39, 0.29) is 10.8 Å². The van der Waals surface area contributed by atoms with Crippen LogP contribution < -0.4 is 5.14 Å². The highest BCUT2D eigenvalue weighted by molar-refractivity contribution is 9.10. The minimum absolute atomic E-state index is 0.00966. The summed E-state index contributed by atoms with van der Waals surface area (Å²) in [6.07, 6.45) is 0.876. The van der Waals surface area contributed by atoms with Gasteiger partial charge in [0, 0.05) is 17.6 Å². The molecule has 0 unspecified atom stereocenters. The molecular weight excluding hydrogens is 488 g/mol. The Morgan fingerprint density at radius 2 is 1.62 bits per heavy atom. The molecule has 0 saturated heterocycles. The second kappa shape index (κ2) is 9.02. The maximum Gasteiger partial charge on any atom is 0.255 e. The highest BCUT2D eigenvalue weighted by Gasteiger charge is 2.32. The quantitative estimate of drug-likeness (QED) is 0.510.